The number of carbonyl (C=O) groups excluding carboxylic acids is 3. The third-order valence-corrected chi connectivity index (χ3v) is 6.69. The van der Waals surface area contributed by atoms with Gasteiger partial charge in [-0.25, -0.2) is 4.79 Å². The van der Waals surface area contributed by atoms with Gasteiger partial charge in [-0.1, -0.05) is 58.9 Å². The Kier molecular flexibility index (Phi) is 9.16. The molecule has 7 nitrogen and oxygen atoms in total. The van der Waals surface area contributed by atoms with E-state index in [1.807, 2.05) is 46.9 Å². The van der Waals surface area contributed by atoms with E-state index in [4.69, 9.17) is 4.74 Å². The van der Waals surface area contributed by atoms with Crippen LogP contribution in [0.2, 0.25) is 0 Å². The van der Waals surface area contributed by atoms with E-state index < -0.39 is 22.8 Å². The van der Waals surface area contributed by atoms with Gasteiger partial charge in [0.2, 0.25) is 11.8 Å². The van der Waals surface area contributed by atoms with Crippen molar-refractivity contribution in [3.8, 4) is 0 Å². The number of carbonyl (C=O) groups is 3. The van der Waals surface area contributed by atoms with Crippen molar-refractivity contribution in [1.82, 2.24) is 14.8 Å². The maximum absolute atomic E-state index is 13.5. The maximum Gasteiger partial charge on any atom is 0.333 e. The Morgan fingerprint density at radius 2 is 1.75 bits per heavy atom. The first-order valence-corrected chi connectivity index (χ1v) is 12.6. The van der Waals surface area contributed by atoms with Crippen molar-refractivity contribution in [2.75, 3.05) is 13.7 Å². The molecule has 0 aliphatic rings. The molecule has 198 valence electrons. The quantitative estimate of drug-likeness (QED) is 0.401. The molecule has 2 atom stereocenters. The highest BCUT2D eigenvalue weighted by atomic mass is 16.5. The van der Waals surface area contributed by atoms with Crippen molar-refractivity contribution in [2.45, 2.75) is 79.3 Å². The number of fused-ring (bicyclic) bond motifs is 1. The first kappa shape index (κ1) is 29.1. The molecule has 1 N–H and O–H groups in total. The van der Waals surface area contributed by atoms with Crippen LogP contribution < -0.4 is 5.32 Å². The molecule has 0 aliphatic carbocycles. The highest BCUT2D eigenvalue weighted by molar-refractivity contribution is 5.91. The van der Waals surface area contributed by atoms with E-state index in [0.29, 0.717) is 12.2 Å². The minimum Gasteiger partial charge on any atom is -0.463 e. The van der Waals surface area contributed by atoms with Crippen molar-refractivity contribution in [3.63, 3.8) is 0 Å². The van der Waals surface area contributed by atoms with Crippen LogP contribution in [0.4, 0.5) is 0 Å². The molecular weight excluding hydrogens is 454 g/mol. The Hall–Kier alpha value is -3.09. The van der Waals surface area contributed by atoms with Gasteiger partial charge < -0.3 is 19.5 Å². The summed E-state index contributed by atoms with van der Waals surface area (Å²) in [5.74, 6) is -0.790. The number of para-hydroxylation sites is 1. The number of nitrogens with one attached hydrogen (secondary N) is 1. The van der Waals surface area contributed by atoms with Gasteiger partial charge in [0.15, 0.2) is 0 Å². The number of amides is 2. The van der Waals surface area contributed by atoms with Crippen molar-refractivity contribution in [3.05, 3.63) is 47.7 Å². The monoisotopic (exact) mass is 497 g/mol. The Labute approximate surface area is 215 Å². The van der Waals surface area contributed by atoms with Gasteiger partial charge in [0, 0.05) is 54.6 Å². The summed E-state index contributed by atoms with van der Waals surface area (Å²) < 4.78 is 7.12. The maximum atomic E-state index is 13.5. The molecule has 2 amide bonds. The largest absolute Gasteiger partial charge is 0.463 e. The minimum absolute atomic E-state index is 0.180. The summed E-state index contributed by atoms with van der Waals surface area (Å²) >= 11 is 0. The van der Waals surface area contributed by atoms with Gasteiger partial charge >= 0.3 is 5.97 Å². The SMILES string of the molecule is CCOC(=O)/C(C)=C/C(C)N(C)C(=O)C(NC(=O)CC(C)(C)c1cn(C)c2ccccc12)C(C)(C)C. The number of benzene rings is 1. The molecule has 1 aromatic heterocycles. The average Bonchev–Trinajstić information content (AvgIpc) is 3.13. The van der Waals surface area contributed by atoms with E-state index in [1.54, 1.807) is 31.9 Å². The summed E-state index contributed by atoms with van der Waals surface area (Å²) in [6.07, 6.45) is 4.03. The molecule has 36 heavy (non-hydrogen) atoms. The zero-order valence-corrected chi connectivity index (χ0v) is 23.6. The lowest BCUT2D eigenvalue weighted by atomic mass is 9.80. The fourth-order valence-electron chi connectivity index (χ4n) is 4.43. The van der Waals surface area contributed by atoms with E-state index in [-0.39, 0.29) is 24.3 Å². The summed E-state index contributed by atoms with van der Waals surface area (Å²) in [4.78, 5) is 40.4. The summed E-state index contributed by atoms with van der Waals surface area (Å²) in [6.45, 7) is 15.5. The number of aryl methyl sites for hydroxylation is 1. The molecule has 2 unspecified atom stereocenters. The zero-order chi connectivity index (χ0) is 27.4. The normalized spacial score (nSPS) is 14.3. The number of aromatic nitrogens is 1. The standard InChI is InChI=1S/C29H43N3O4/c1-11-36-27(35)19(2)16-20(3)32(10)26(34)25(28(4,5)6)30-24(33)17-29(7,8)22-18-31(9)23-15-13-12-14-21(22)23/h12-16,18,20,25H,11,17H2,1-10H3,(H,30,33)/b19-16+. The number of likely N-dealkylation sites (N-methyl/N-ethyl adjacent to an activating group) is 1. The van der Waals surface area contributed by atoms with Crippen LogP contribution in [0.25, 0.3) is 10.9 Å². The predicted octanol–water partition coefficient (Wildman–Crippen LogP) is 4.73. The van der Waals surface area contributed by atoms with Crippen molar-refractivity contribution >= 4 is 28.7 Å². The molecule has 1 heterocycles. The molecule has 0 spiro atoms. The average molecular weight is 498 g/mol. The molecule has 2 aromatic rings. The van der Waals surface area contributed by atoms with E-state index in [0.717, 1.165) is 16.5 Å². The third-order valence-electron chi connectivity index (χ3n) is 6.69. The van der Waals surface area contributed by atoms with Crippen LogP contribution in [-0.2, 0) is 31.6 Å². The van der Waals surface area contributed by atoms with E-state index >= 15 is 0 Å². The highest BCUT2D eigenvalue weighted by Crippen LogP contribution is 2.34. The van der Waals surface area contributed by atoms with Crippen LogP contribution in [0.1, 0.15) is 67.4 Å². The Morgan fingerprint density at radius 3 is 2.33 bits per heavy atom. The van der Waals surface area contributed by atoms with Crippen molar-refractivity contribution in [1.29, 1.82) is 0 Å². The van der Waals surface area contributed by atoms with Gasteiger partial charge in [-0.2, -0.15) is 0 Å². The van der Waals surface area contributed by atoms with Crippen LogP contribution in [-0.4, -0.2) is 53.0 Å². The van der Waals surface area contributed by atoms with Crippen LogP contribution in [0, 0.1) is 5.41 Å². The number of esters is 1. The molecule has 7 heteroatoms. The van der Waals surface area contributed by atoms with Gasteiger partial charge in [0.1, 0.15) is 6.04 Å². The lowest BCUT2D eigenvalue weighted by molar-refractivity contribution is -0.140. The molecule has 2 rings (SSSR count). The topological polar surface area (TPSA) is 80.6 Å². The van der Waals surface area contributed by atoms with E-state index in [1.165, 1.54) is 0 Å². The second-order valence-corrected chi connectivity index (χ2v) is 11.4. The fourth-order valence-corrected chi connectivity index (χ4v) is 4.43. The van der Waals surface area contributed by atoms with Gasteiger partial charge in [-0.05, 0) is 37.8 Å². The number of ether oxygens (including phenoxy) is 1. The molecule has 0 saturated carbocycles. The van der Waals surface area contributed by atoms with Crippen molar-refractivity contribution in [2.24, 2.45) is 12.5 Å². The Morgan fingerprint density at radius 1 is 1.14 bits per heavy atom. The number of rotatable bonds is 9. The fraction of sp³-hybridized carbons (Fsp3) is 0.552. The number of hydrogen-bond donors (Lipinski definition) is 1. The Bertz CT molecular complexity index is 1140. The van der Waals surface area contributed by atoms with E-state index in [2.05, 4.69) is 42.1 Å². The van der Waals surface area contributed by atoms with Crippen molar-refractivity contribution < 1.29 is 19.1 Å². The summed E-state index contributed by atoms with van der Waals surface area (Å²) in [7, 11) is 3.69. The van der Waals surface area contributed by atoms with Crippen LogP contribution >= 0.6 is 0 Å². The second kappa shape index (κ2) is 11.3. The predicted molar refractivity (Wildman–Crippen MR) is 145 cm³/mol. The van der Waals surface area contributed by atoms with Crippen LogP contribution in [0.5, 0.6) is 0 Å². The van der Waals surface area contributed by atoms with Crippen LogP contribution in [0.3, 0.4) is 0 Å². The smallest absolute Gasteiger partial charge is 0.333 e. The lowest BCUT2D eigenvalue weighted by Gasteiger charge is -2.36. The summed E-state index contributed by atoms with van der Waals surface area (Å²) in [5, 5.41) is 4.14. The lowest BCUT2D eigenvalue weighted by Crippen LogP contribution is -2.55. The molecular formula is C29H43N3O4. The molecule has 0 aliphatic heterocycles. The zero-order valence-electron chi connectivity index (χ0n) is 23.6. The van der Waals surface area contributed by atoms with Gasteiger partial charge in [0.25, 0.3) is 0 Å². The van der Waals surface area contributed by atoms with E-state index in [9.17, 15) is 14.4 Å². The summed E-state index contributed by atoms with van der Waals surface area (Å²) in [6, 6.07) is 7.08. The molecule has 0 radical (unpaired) electrons. The van der Waals surface area contributed by atoms with Gasteiger partial charge in [0.05, 0.1) is 6.61 Å². The van der Waals surface area contributed by atoms with Gasteiger partial charge in [-0.15, -0.1) is 0 Å². The number of nitrogens with zero attached hydrogens (tertiary/aromatic N) is 2. The molecule has 0 saturated heterocycles. The molecule has 1 aromatic carbocycles. The second-order valence-electron chi connectivity index (χ2n) is 11.4. The molecule has 0 bridgehead atoms. The molecule has 0 fully saturated rings. The minimum atomic E-state index is -0.725. The first-order chi connectivity index (χ1) is 16.6. The summed E-state index contributed by atoms with van der Waals surface area (Å²) in [5.41, 5.74) is 1.71. The Balaban J connectivity index is 2.22. The highest BCUT2D eigenvalue weighted by Gasteiger charge is 2.37. The number of hydrogen-bond acceptors (Lipinski definition) is 4. The third kappa shape index (κ3) is 6.77. The first-order valence-electron chi connectivity index (χ1n) is 12.6. The van der Waals surface area contributed by atoms with Crippen LogP contribution in [0.15, 0.2) is 42.1 Å². The van der Waals surface area contributed by atoms with Gasteiger partial charge in [-0.3, -0.25) is 9.59 Å².